The van der Waals surface area contributed by atoms with Gasteiger partial charge in [-0.3, -0.25) is 14.8 Å². The van der Waals surface area contributed by atoms with Gasteiger partial charge in [-0.25, -0.2) is 0 Å². The second-order valence-corrected chi connectivity index (χ2v) is 7.61. The normalized spacial score (nSPS) is 11.4. The number of aryl methyl sites for hydroxylation is 2. The van der Waals surface area contributed by atoms with E-state index in [-0.39, 0.29) is 11.4 Å². The van der Waals surface area contributed by atoms with Crippen molar-refractivity contribution in [1.29, 1.82) is 0 Å². The lowest BCUT2D eigenvalue weighted by molar-refractivity contribution is -0.386. The lowest BCUT2D eigenvalue weighted by Gasteiger charge is -2.04. The molecule has 0 aliphatic carbocycles. The van der Waals surface area contributed by atoms with Crippen LogP contribution in [-0.2, 0) is 5.88 Å². The highest BCUT2D eigenvalue weighted by Crippen LogP contribution is 2.26. The Kier molecular flexibility index (Phi) is 5.79. The van der Waals surface area contributed by atoms with Gasteiger partial charge in [0.25, 0.3) is 0 Å². The summed E-state index contributed by atoms with van der Waals surface area (Å²) in [5.74, 6) is 1.03. The zero-order chi connectivity index (χ0) is 20.4. The molecule has 2 heterocycles. The van der Waals surface area contributed by atoms with Gasteiger partial charge in [0, 0.05) is 10.0 Å². The molecule has 0 aliphatic rings. The van der Waals surface area contributed by atoms with Crippen LogP contribution in [0.5, 0.6) is 5.75 Å². The smallest absolute Gasteiger partial charge is 0.312 e. The van der Waals surface area contributed by atoms with Crippen molar-refractivity contribution in [3.8, 4) is 5.75 Å². The van der Waals surface area contributed by atoms with E-state index in [0.717, 1.165) is 4.47 Å². The van der Waals surface area contributed by atoms with Crippen LogP contribution in [0.15, 0.2) is 32.9 Å². The molecule has 1 N–H and O–H groups in total. The van der Waals surface area contributed by atoms with Crippen molar-refractivity contribution in [3.05, 3.63) is 55.6 Å². The molecule has 10 nitrogen and oxygen atoms in total. The topological polar surface area (TPSA) is 124 Å². The summed E-state index contributed by atoms with van der Waals surface area (Å²) < 4.78 is 3.90. The minimum Gasteiger partial charge on any atom is -0.508 e. The maximum absolute atomic E-state index is 11.1. The molecule has 12 heteroatoms. The summed E-state index contributed by atoms with van der Waals surface area (Å²) in [6.45, 7) is 5.03. The van der Waals surface area contributed by atoms with Crippen molar-refractivity contribution in [2.45, 2.75) is 31.8 Å². The van der Waals surface area contributed by atoms with Gasteiger partial charge in [0.2, 0.25) is 5.16 Å². The first-order chi connectivity index (χ1) is 13.3. The number of aromatic hydroxyl groups is 1. The maximum atomic E-state index is 11.1. The van der Waals surface area contributed by atoms with Crippen molar-refractivity contribution >= 4 is 39.6 Å². The predicted molar refractivity (Wildman–Crippen MR) is 108 cm³/mol. The van der Waals surface area contributed by atoms with E-state index >= 15 is 0 Å². The Morgan fingerprint density at radius 2 is 2.11 bits per heavy atom. The number of benzene rings is 1. The van der Waals surface area contributed by atoms with Crippen molar-refractivity contribution in [2.75, 3.05) is 0 Å². The van der Waals surface area contributed by atoms with E-state index in [1.54, 1.807) is 54.5 Å². The molecule has 3 rings (SSSR count). The summed E-state index contributed by atoms with van der Waals surface area (Å²) >= 11 is 4.71. The summed E-state index contributed by atoms with van der Waals surface area (Å²) in [4.78, 5) is 10.7. The third-order valence-corrected chi connectivity index (χ3v) is 5.51. The largest absolute Gasteiger partial charge is 0.508 e. The van der Waals surface area contributed by atoms with Crippen LogP contribution in [0.4, 0.5) is 5.69 Å². The fourth-order valence-electron chi connectivity index (χ4n) is 2.51. The highest BCUT2D eigenvalue weighted by atomic mass is 79.9. The van der Waals surface area contributed by atoms with Gasteiger partial charge in [-0.2, -0.15) is 14.9 Å². The van der Waals surface area contributed by atoms with Crippen LogP contribution in [0.3, 0.4) is 0 Å². The summed E-state index contributed by atoms with van der Waals surface area (Å²) in [7, 11) is 0. The zero-order valence-electron chi connectivity index (χ0n) is 15.2. The monoisotopic (exact) mass is 465 g/mol. The Balaban J connectivity index is 1.82. The van der Waals surface area contributed by atoms with Crippen molar-refractivity contribution in [2.24, 2.45) is 5.10 Å². The van der Waals surface area contributed by atoms with Crippen LogP contribution in [0.25, 0.3) is 0 Å². The molecule has 28 heavy (non-hydrogen) atoms. The average Bonchev–Trinajstić information content (AvgIpc) is 3.12. The zero-order valence-corrected chi connectivity index (χ0v) is 17.6. The average molecular weight is 466 g/mol. The van der Waals surface area contributed by atoms with Crippen molar-refractivity contribution in [3.63, 3.8) is 0 Å². The second-order valence-electron chi connectivity index (χ2n) is 5.84. The van der Waals surface area contributed by atoms with E-state index < -0.39 is 4.92 Å². The molecule has 3 aromatic rings. The lowest BCUT2D eigenvalue weighted by atomic mass is 10.2. The fraction of sp³-hybridized carbons (Fsp3) is 0.250. The molecule has 146 valence electrons. The molecule has 0 fully saturated rings. The molecule has 0 spiro atoms. The number of phenols is 1. The number of hydrogen-bond donors (Lipinski definition) is 1. The first-order valence-electron chi connectivity index (χ1n) is 8.04. The molecular weight excluding hydrogens is 450 g/mol. The van der Waals surface area contributed by atoms with Gasteiger partial charge in [0.05, 0.1) is 17.0 Å². The molecule has 0 saturated carbocycles. The number of aromatic nitrogens is 5. The third-order valence-electron chi connectivity index (χ3n) is 3.90. The van der Waals surface area contributed by atoms with E-state index in [1.165, 1.54) is 11.8 Å². The molecule has 0 aliphatic heterocycles. The van der Waals surface area contributed by atoms with Gasteiger partial charge in [0.1, 0.15) is 17.1 Å². The van der Waals surface area contributed by atoms with Crippen LogP contribution in [0, 0.1) is 30.9 Å². The van der Waals surface area contributed by atoms with Crippen LogP contribution in [-0.4, -0.2) is 40.9 Å². The Hall–Kier alpha value is -2.73. The van der Waals surface area contributed by atoms with E-state index in [1.807, 2.05) is 0 Å². The number of thioether (sulfide) groups is 1. The molecular formula is C16H16BrN7O3S. The molecule has 0 unspecified atom stereocenters. The van der Waals surface area contributed by atoms with Crippen LogP contribution < -0.4 is 0 Å². The summed E-state index contributed by atoms with van der Waals surface area (Å²) in [5.41, 5.74) is 1.56. The van der Waals surface area contributed by atoms with Gasteiger partial charge in [-0.05, 0) is 39.0 Å². The van der Waals surface area contributed by atoms with Crippen LogP contribution in [0.2, 0.25) is 0 Å². The van der Waals surface area contributed by atoms with Gasteiger partial charge < -0.3 is 5.11 Å². The Bertz CT molecular complexity index is 1080. The molecule has 0 saturated heterocycles. The van der Waals surface area contributed by atoms with Crippen molar-refractivity contribution < 1.29 is 10.0 Å². The fourth-order valence-corrected chi connectivity index (χ4v) is 3.75. The van der Waals surface area contributed by atoms with E-state index in [9.17, 15) is 15.2 Å². The molecule has 0 bridgehead atoms. The number of phenolic OH excluding ortho intramolecular Hbond substituents is 1. The molecule has 1 aromatic carbocycles. The molecule has 2 aromatic heterocycles. The number of hydrogen-bond acceptors (Lipinski definition) is 8. The van der Waals surface area contributed by atoms with Gasteiger partial charge in [0.15, 0.2) is 5.82 Å². The first kappa shape index (κ1) is 20.0. The minimum atomic E-state index is -0.428. The molecule has 0 radical (unpaired) electrons. The lowest BCUT2D eigenvalue weighted by Crippen LogP contribution is -2.02. The molecule has 0 atom stereocenters. The van der Waals surface area contributed by atoms with Crippen LogP contribution in [0.1, 0.15) is 22.8 Å². The Labute approximate surface area is 172 Å². The van der Waals surface area contributed by atoms with Crippen molar-refractivity contribution in [1.82, 2.24) is 24.7 Å². The third kappa shape index (κ3) is 4.07. The highest BCUT2D eigenvalue weighted by Gasteiger charge is 2.22. The quantitative estimate of drug-likeness (QED) is 0.256. The summed E-state index contributed by atoms with van der Waals surface area (Å²) in [6, 6.07) is 4.87. The summed E-state index contributed by atoms with van der Waals surface area (Å²) in [6.07, 6.45) is 1.58. The number of rotatable bonds is 6. The van der Waals surface area contributed by atoms with E-state index in [4.69, 9.17) is 0 Å². The van der Waals surface area contributed by atoms with E-state index in [2.05, 4.69) is 36.3 Å². The van der Waals surface area contributed by atoms with Gasteiger partial charge in [-0.15, -0.1) is 10.2 Å². The molecule has 0 amide bonds. The number of halogens is 1. The van der Waals surface area contributed by atoms with Crippen LogP contribution >= 0.6 is 27.7 Å². The number of nitrogens with zero attached hydrogens (tertiary/aromatic N) is 7. The predicted octanol–water partition coefficient (Wildman–Crippen LogP) is 3.41. The maximum Gasteiger partial charge on any atom is 0.312 e. The Morgan fingerprint density at radius 1 is 1.36 bits per heavy atom. The van der Waals surface area contributed by atoms with Gasteiger partial charge in [-0.1, -0.05) is 27.7 Å². The minimum absolute atomic E-state index is 0.0185. The highest BCUT2D eigenvalue weighted by molar-refractivity contribution is 9.10. The Morgan fingerprint density at radius 3 is 2.79 bits per heavy atom. The standard InChI is InChI=1S/C16H16BrN7O3S/c1-9-15(24(26)27)10(2)22(21-9)8-28-16-20-19-11(3)23(16)18-7-12-6-13(25)4-5-14(12)17/h4-7,25H,8H2,1-3H3/b18-7-. The first-order valence-corrected chi connectivity index (χ1v) is 9.82. The second kappa shape index (κ2) is 8.10. The summed E-state index contributed by atoms with van der Waals surface area (Å²) in [5, 5.41) is 38.0. The SMILES string of the molecule is Cc1nn(CSc2nnc(C)n2/N=C\c2cc(O)ccc2Br)c(C)c1[N+](=O)[O-]. The number of nitro groups is 1. The van der Waals surface area contributed by atoms with Gasteiger partial charge >= 0.3 is 5.69 Å². The van der Waals surface area contributed by atoms with E-state index in [0.29, 0.717) is 33.8 Å².